The third-order valence-corrected chi connectivity index (χ3v) is 6.16. The second-order valence-electron chi connectivity index (χ2n) is 7.31. The van der Waals surface area contributed by atoms with Crippen LogP contribution in [-0.2, 0) is 14.3 Å². The quantitative estimate of drug-likeness (QED) is 0.319. The number of methoxy groups -OCH3 is 1. The Kier molecular flexibility index (Phi) is 9.54. The number of esters is 1. The largest absolute Gasteiger partial charge is 0.469 e. The SMILES string of the molecule is COC(=O)CCCSCCN1C(=O)CCC[C@@H]1/C=C/[C@@H](O)CCC1CC1. The van der Waals surface area contributed by atoms with Gasteiger partial charge >= 0.3 is 5.97 Å². The van der Waals surface area contributed by atoms with Gasteiger partial charge in [-0.2, -0.15) is 11.8 Å². The van der Waals surface area contributed by atoms with Crippen molar-refractivity contribution in [1.82, 2.24) is 4.90 Å². The number of rotatable bonds is 12. The predicted molar refractivity (Wildman–Crippen MR) is 105 cm³/mol. The van der Waals surface area contributed by atoms with Crippen LogP contribution < -0.4 is 0 Å². The van der Waals surface area contributed by atoms with Crippen molar-refractivity contribution in [2.45, 2.75) is 69.9 Å². The first-order valence-corrected chi connectivity index (χ1v) is 11.1. The smallest absolute Gasteiger partial charge is 0.305 e. The maximum Gasteiger partial charge on any atom is 0.305 e. The van der Waals surface area contributed by atoms with E-state index >= 15 is 0 Å². The molecule has 1 aliphatic heterocycles. The molecule has 0 aromatic heterocycles. The van der Waals surface area contributed by atoms with Crippen molar-refractivity contribution < 1.29 is 19.4 Å². The van der Waals surface area contributed by atoms with Gasteiger partial charge in [-0.05, 0) is 43.8 Å². The molecule has 2 rings (SSSR count). The van der Waals surface area contributed by atoms with E-state index in [0.717, 1.165) is 56.1 Å². The highest BCUT2D eigenvalue weighted by atomic mass is 32.2. The average molecular weight is 384 g/mol. The van der Waals surface area contributed by atoms with E-state index in [4.69, 9.17) is 0 Å². The fraction of sp³-hybridized carbons (Fsp3) is 0.800. The summed E-state index contributed by atoms with van der Waals surface area (Å²) in [7, 11) is 1.41. The minimum absolute atomic E-state index is 0.113. The van der Waals surface area contributed by atoms with Crippen LogP contribution in [0.15, 0.2) is 12.2 Å². The van der Waals surface area contributed by atoms with Gasteiger partial charge in [0.2, 0.25) is 5.91 Å². The van der Waals surface area contributed by atoms with E-state index in [1.165, 1.54) is 20.0 Å². The van der Waals surface area contributed by atoms with E-state index in [2.05, 4.69) is 4.74 Å². The van der Waals surface area contributed by atoms with Gasteiger partial charge in [0.25, 0.3) is 0 Å². The zero-order valence-corrected chi connectivity index (χ0v) is 16.7. The lowest BCUT2D eigenvalue weighted by Crippen LogP contribution is -2.43. The van der Waals surface area contributed by atoms with Crippen LogP contribution in [0.3, 0.4) is 0 Å². The summed E-state index contributed by atoms with van der Waals surface area (Å²) in [4.78, 5) is 25.3. The van der Waals surface area contributed by atoms with Gasteiger partial charge in [-0.25, -0.2) is 0 Å². The lowest BCUT2D eigenvalue weighted by Gasteiger charge is -2.34. The molecule has 0 aromatic rings. The molecule has 2 fully saturated rings. The zero-order chi connectivity index (χ0) is 18.8. The van der Waals surface area contributed by atoms with E-state index in [0.29, 0.717) is 12.8 Å². The molecule has 1 N–H and O–H groups in total. The van der Waals surface area contributed by atoms with Crippen LogP contribution >= 0.6 is 11.8 Å². The second kappa shape index (κ2) is 11.7. The number of amides is 1. The number of carbonyl (C=O) groups is 2. The van der Waals surface area contributed by atoms with Gasteiger partial charge in [0.05, 0.1) is 19.3 Å². The molecule has 148 valence electrons. The highest BCUT2D eigenvalue weighted by molar-refractivity contribution is 7.99. The first kappa shape index (κ1) is 21.3. The number of hydrogen-bond acceptors (Lipinski definition) is 5. The Balaban J connectivity index is 1.68. The summed E-state index contributed by atoms with van der Waals surface area (Å²) in [6.07, 6.45) is 11.9. The Hall–Kier alpha value is -1.01. The third-order valence-electron chi connectivity index (χ3n) is 5.11. The highest BCUT2D eigenvalue weighted by Gasteiger charge is 2.26. The van der Waals surface area contributed by atoms with E-state index in [-0.39, 0.29) is 24.0 Å². The fourth-order valence-corrected chi connectivity index (χ4v) is 4.17. The summed E-state index contributed by atoms with van der Waals surface area (Å²) in [5.41, 5.74) is 0. The van der Waals surface area contributed by atoms with Crippen LogP contribution in [0, 0.1) is 5.92 Å². The van der Waals surface area contributed by atoms with Gasteiger partial charge in [0.1, 0.15) is 0 Å². The molecule has 2 aliphatic rings. The molecule has 6 heteroatoms. The summed E-state index contributed by atoms with van der Waals surface area (Å²) in [6.45, 7) is 0.731. The standard InChI is InChI=1S/C20H33NO4S/c1-25-20(24)6-3-14-26-15-13-21-17(4-2-5-19(21)23)10-12-18(22)11-9-16-7-8-16/h10,12,16-18,22H,2-9,11,13-15H2,1H3/b12-10+/t17-,18+/m1/s1. The lowest BCUT2D eigenvalue weighted by atomic mass is 10.00. The van der Waals surface area contributed by atoms with Crippen LogP contribution in [-0.4, -0.2) is 59.2 Å². The number of ether oxygens (including phenoxy) is 1. The normalized spacial score (nSPS) is 22.0. The first-order chi connectivity index (χ1) is 12.6. The maximum absolute atomic E-state index is 12.3. The van der Waals surface area contributed by atoms with Crippen LogP contribution in [0.5, 0.6) is 0 Å². The second-order valence-corrected chi connectivity index (χ2v) is 8.54. The maximum atomic E-state index is 12.3. The Labute approximate surface area is 161 Å². The molecule has 1 heterocycles. The molecule has 0 unspecified atom stereocenters. The van der Waals surface area contributed by atoms with Gasteiger partial charge in [-0.3, -0.25) is 9.59 Å². The Morgan fingerprint density at radius 3 is 2.92 bits per heavy atom. The first-order valence-electron chi connectivity index (χ1n) is 9.90. The molecule has 5 nitrogen and oxygen atoms in total. The van der Waals surface area contributed by atoms with Crippen molar-refractivity contribution in [2.24, 2.45) is 5.92 Å². The van der Waals surface area contributed by atoms with Crippen LogP contribution in [0.25, 0.3) is 0 Å². The fourth-order valence-electron chi connectivity index (χ4n) is 3.29. The predicted octanol–water partition coefficient (Wildman–Crippen LogP) is 3.16. The molecule has 0 spiro atoms. The van der Waals surface area contributed by atoms with Gasteiger partial charge in [-0.1, -0.05) is 25.0 Å². The van der Waals surface area contributed by atoms with Crippen molar-refractivity contribution in [3.05, 3.63) is 12.2 Å². The number of hydrogen-bond donors (Lipinski definition) is 1. The molecular weight excluding hydrogens is 350 g/mol. The van der Waals surface area contributed by atoms with Gasteiger partial charge < -0.3 is 14.7 Å². The number of nitrogens with zero attached hydrogens (tertiary/aromatic N) is 1. The van der Waals surface area contributed by atoms with E-state index in [1.54, 1.807) is 11.8 Å². The van der Waals surface area contributed by atoms with Crippen LogP contribution in [0.2, 0.25) is 0 Å². The van der Waals surface area contributed by atoms with Crippen LogP contribution in [0.4, 0.5) is 0 Å². The van der Waals surface area contributed by atoms with Crippen molar-refractivity contribution in [2.75, 3.05) is 25.2 Å². The minimum Gasteiger partial charge on any atom is -0.469 e. The molecule has 1 aliphatic carbocycles. The minimum atomic E-state index is -0.387. The van der Waals surface area contributed by atoms with Gasteiger partial charge in [0.15, 0.2) is 0 Å². The molecule has 1 amide bonds. The lowest BCUT2D eigenvalue weighted by molar-refractivity contribution is -0.140. The van der Waals surface area contributed by atoms with Gasteiger partial charge in [0, 0.05) is 25.1 Å². The van der Waals surface area contributed by atoms with E-state index in [9.17, 15) is 14.7 Å². The zero-order valence-electron chi connectivity index (χ0n) is 15.9. The van der Waals surface area contributed by atoms with E-state index in [1.807, 2.05) is 17.1 Å². The van der Waals surface area contributed by atoms with E-state index < -0.39 is 0 Å². The molecule has 0 radical (unpaired) electrons. The van der Waals surface area contributed by atoms with Crippen molar-refractivity contribution in [3.63, 3.8) is 0 Å². The number of aliphatic hydroxyl groups excluding tert-OH is 1. The molecule has 2 atom stereocenters. The molecule has 0 bridgehead atoms. The topological polar surface area (TPSA) is 66.8 Å². The Bertz CT molecular complexity index is 478. The summed E-state index contributed by atoms with van der Waals surface area (Å²) >= 11 is 1.77. The van der Waals surface area contributed by atoms with Crippen molar-refractivity contribution >= 4 is 23.6 Å². The molecule has 0 aromatic carbocycles. The Morgan fingerprint density at radius 2 is 2.19 bits per heavy atom. The summed E-state index contributed by atoms with van der Waals surface area (Å²) in [6, 6.07) is 0.113. The summed E-state index contributed by atoms with van der Waals surface area (Å²) < 4.78 is 4.63. The van der Waals surface area contributed by atoms with Crippen molar-refractivity contribution in [1.29, 1.82) is 0 Å². The third kappa shape index (κ3) is 8.12. The molecule has 1 saturated heterocycles. The summed E-state index contributed by atoms with van der Waals surface area (Å²) in [5.74, 6) is 2.66. The average Bonchev–Trinajstić information content (AvgIpc) is 3.46. The van der Waals surface area contributed by atoms with Gasteiger partial charge in [-0.15, -0.1) is 0 Å². The molecule has 26 heavy (non-hydrogen) atoms. The van der Waals surface area contributed by atoms with Crippen LogP contribution in [0.1, 0.15) is 57.8 Å². The molecular formula is C20H33NO4S. The molecule has 1 saturated carbocycles. The number of aliphatic hydroxyl groups is 1. The highest BCUT2D eigenvalue weighted by Crippen LogP contribution is 2.34. The van der Waals surface area contributed by atoms with Crippen molar-refractivity contribution in [3.8, 4) is 0 Å². The monoisotopic (exact) mass is 383 g/mol. The Morgan fingerprint density at radius 1 is 1.38 bits per heavy atom. The number of piperidine rings is 1. The summed E-state index contributed by atoms with van der Waals surface area (Å²) in [5, 5.41) is 10.1. The number of likely N-dealkylation sites (tertiary alicyclic amines) is 1. The number of thioether (sulfide) groups is 1. The number of carbonyl (C=O) groups excluding carboxylic acids is 2.